The molecule has 0 aromatic heterocycles. The normalized spacial score (nSPS) is 10.0. The summed E-state index contributed by atoms with van der Waals surface area (Å²) in [7, 11) is 0. The second-order valence-electron chi connectivity index (χ2n) is 1.06. The van der Waals surface area contributed by atoms with Gasteiger partial charge < -0.3 is 0 Å². The number of rotatable bonds is 2. The van der Waals surface area contributed by atoms with Gasteiger partial charge in [0.2, 0.25) is 0 Å². The van der Waals surface area contributed by atoms with Crippen LogP contribution in [0.4, 0.5) is 0 Å². The van der Waals surface area contributed by atoms with Crippen LogP contribution in [0.3, 0.4) is 0 Å². The molecule has 0 aliphatic heterocycles. The molecule has 0 unspecified atom stereocenters. The number of nitrogens with one attached hydrogen (secondary N) is 2. The highest BCUT2D eigenvalue weighted by Crippen LogP contribution is 1.56. The first-order valence-corrected chi connectivity index (χ1v) is 1.73. The monoisotopic (exact) mass is 90.1 g/mol. The van der Waals surface area contributed by atoms with Gasteiger partial charge in [0.15, 0.2) is 0 Å². The Morgan fingerprint density at radius 1 is 1.33 bits per heavy atom. The third kappa shape index (κ3) is 2.10. The van der Waals surface area contributed by atoms with Crippen molar-refractivity contribution in [1.29, 1.82) is 0 Å². The third-order valence-corrected chi connectivity index (χ3v) is 0.500. The summed E-state index contributed by atoms with van der Waals surface area (Å²) < 4.78 is 0. The quantitative estimate of drug-likeness (QED) is 0.184. The van der Waals surface area contributed by atoms with Crippen LogP contribution < -0.4 is 22.5 Å². The fourth-order valence-corrected chi connectivity index (χ4v) is 0.0481. The van der Waals surface area contributed by atoms with Gasteiger partial charge >= 0.3 is 0 Å². The van der Waals surface area contributed by atoms with Crippen molar-refractivity contribution in [3.8, 4) is 0 Å². The van der Waals surface area contributed by atoms with Crippen molar-refractivity contribution in [1.82, 2.24) is 10.9 Å². The minimum atomic E-state index is -0.00926. The minimum absolute atomic E-state index is 0.00926. The van der Waals surface area contributed by atoms with Gasteiger partial charge in [-0.1, -0.05) is 0 Å². The van der Waals surface area contributed by atoms with Crippen LogP contribution in [0.2, 0.25) is 0 Å². The molecule has 0 saturated heterocycles. The summed E-state index contributed by atoms with van der Waals surface area (Å²) in [5, 5.41) is 0. The van der Waals surface area contributed by atoms with Crippen LogP contribution in [0.1, 0.15) is 6.92 Å². The second kappa shape index (κ2) is 3.05. The number of hydrogen-bond donors (Lipinski definition) is 4. The minimum Gasteiger partial charge on any atom is -0.270 e. The molecule has 4 heteroatoms. The summed E-state index contributed by atoms with van der Waals surface area (Å²) in [4.78, 5) is 0. The van der Waals surface area contributed by atoms with E-state index in [1.54, 1.807) is 6.92 Å². The Morgan fingerprint density at radius 3 is 1.67 bits per heavy atom. The van der Waals surface area contributed by atoms with E-state index in [4.69, 9.17) is 11.7 Å². The standard InChI is InChI=1S/C2H10N4/c1-2(5-3)6-4/h2,5-6H,3-4H2,1H3. The molecule has 0 heterocycles. The molecule has 0 saturated carbocycles. The Kier molecular flexibility index (Phi) is 2.97. The molecule has 0 atom stereocenters. The van der Waals surface area contributed by atoms with E-state index in [2.05, 4.69) is 10.9 Å². The Hall–Kier alpha value is -0.160. The summed E-state index contributed by atoms with van der Waals surface area (Å²) in [6.07, 6.45) is -0.00926. The Balaban J connectivity index is 2.75. The Morgan fingerprint density at radius 2 is 1.67 bits per heavy atom. The topological polar surface area (TPSA) is 76.1 Å². The molecule has 6 heavy (non-hydrogen) atoms. The van der Waals surface area contributed by atoms with Crippen LogP contribution in [0.15, 0.2) is 0 Å². The maximum atomic E-state index is 4.89. The SMILES string of the molecule is CC(NN)NN. The van der Waals surface area contributed by atoms with Gasteiger partial charge in [0.1, 0.15) is 0 Å². The summed E-state index contributed by atoms with van der Waals surface area (Å²) in [6, 6.07) is 0. The van der Waals surface area contributed by atoms with E-state index < -0.39 is 0 Å². The first-order chi connectivity index (χ1) is 2.81. The summed E-state index contributed by atoms with van der Waals surface area (Å²) >= 11 is 0. The average molecular weight is 90.1 g/mol. The lowest BCUT2D eigenvalue weighted by molar-refractivity contribution is 0.478. The van der Waals surface area contributed by atoms with Crippen molar-refractivity contribution >= 4 is 0 Å². The first-order valence-electron chi connectivity index (χ1n) is 1.73. The van der Waals surface area contributed by atoms with Crippen LogP contribution >= 0.6 is 0 Å². The fraction of sp³-hybridized carbons (Fsp3) is 1.00. The van der Waals surface area contributed by atoms with E-state index in [0.717, 1.165) is 0 Å². The number of hydrogen-bond acceptors (Lipinski definition) is 4. The number of hydrazine groups is 2. The zero-order chi connectivity index (χ0) is 4.99. The first kappa shape index (κ1) is 5.84. The van der Waals surface area contributed by atoms with E-state index in [-0.39, 0.29) is 6.17 Å². The van der Waals surface area contributed by atoms with Crippen LogP contribution in [-0.4, -0.2) is 6.17 Å². The molecule has 38 valence electrons. The maximum Gasteiger partial charge on any atom is 0.0799 e. The molecular formula is C2H10N4. The lowest BCUT2D eigenvalue weighted by Crippen LogP contribution is -2.47. The van der Waals surface area contributed by atoms with Crippen LogP contribution in [-0.2, 0) is 0 Å². The molecule has 0 aliphatic carbocycles. The van der Waals surface area contributed by atoms with E-state index in [1.165, 1.54) is 0 Å². The Labute approximate surface area is 36.8 Å². The van der Waals surface area contributed by atoms with Crippen molar-refractivity contribution in [2.75, 3.05) is 0 Å². The Bertz CT molecular complexity index is 24.7. The summed E-state index contributed by atoms with van der Waals surface area (Å²) in [5.74, 6) is 9.78. The van der Waals surface area contributed by atoms with Gasteiger partial charge in [-0.05, 0) is 6.92 Å². The second-order valence-corrected chi connectivity index (χ2v) is 1.06. The molecule has 0 aromatic carbocycles. The summed E-state index contributed by atoms with van der Waals surface area (Å²) in [5.41, 5.74) is 4.76. The number of nitrogens with two attached hydrogens (primary N) is 2. The molecule has 0 fully saturated rings. The zero-order valence-electron chi connectivity index (χ0n) is 3.73. The third-order valence-electron chi connectivity index (χ3n) is 0.500. The largest absolute Gasteiger partial charge is 0.270 e. The zero-order valence-corrected chi connectivity index (χ0v) is 3.73. The van der Waals surface area contributed by atoms with E-state index in [0.29, 0.717) is 0 Å². The highest BCUT2D eigenvalue weighted by molar-refractivity contribution is 4.40. The van der Waals surface area contributed by atoms with Crippen LogP contribution in [0, 0.1) is 0 Å². The van der Waals surface area contributed by atoms with Crippen molar-refractivity contribution in [3.05, 3.63) is 0 Å². The molecule has 0 radical (unpaired) electrons. The maximum absolute atomic E-state index is 4.89. The smallest absolute Gasteiger partial charge is 0.0799 e. The molecule has 0 aliphatic rings. The fourth-order valence-electron chi connectivity index (χ4n) is 0.0481. The lowest BCUT2D eigenvalue weighted by Gasteiger charge is -2.04. The van der Waals surface area contributed by atoms with Gasteiger partial charge in [0.25, 0.3) is 0 Å². The van der Waals surface area contributed by atoms with Gasteiger partial charge in [0.05, 0.1) is 6.17 Å². The highest BCUT2D eigenvalue weighted by Gasteiger charge is 1.85. The van der Waals surface area contributed by atoms with Crippen molar-refractivity contribution in [2.45, 2.75) is 13.1 Å². The molecule has 0 aromatic rings. The predicted octanol–water partition coefficient (Wildman–Crippen LogP) is -1.74. The average Bonchev–Trinajstić information content (AvgIpc) is 1.65. The van der Waals surface area contributed by atoms with Gasteiger partial charge in [-0.2, -0.15) is 0 Å². The lowest BCUT2D eigenvalue weighted by atomic mass is 10.6. The van der Waals surface area contributed by atoms with Crippen molar-refractivity contribution in [3.63, 3.8) is 0 Å². The van der Waals surface area contributed by atoms with Crippen molar-refractivity contribution < 1.29 is 0 Å². The van der Waals surface area contributed by atoms with Gasteiger partial charge in [-0.3, -0.25) is 11.7 Å². The van der Waals surface area contributed by atoms with E-state index in [9.17, 15) is 0 Å². The van der Waals surface area contributed by atoms with Crippen LogP contribution in [0.5, 0.6) is 0 Å². The van der Waals surface area contributed by atoms with Gasteiger partial charge in [0, 0.05) is 0 Å². The predicted molar refractivity (Wildman–Crippen MR) is 24.1 cm³/mol. The molecule has 0 spiro atoms. The van der Waals surface area contributed by atoms with Gasteiger partial charge in [-0.15, -0.1) is 0 Å². The molecule has 0 rings (SSSR count). The molecular weight excluding hydrogens is 80.0 g/mol. The molecule has 4 nitrogen and oxygen atoms in total. The van der Waals surface area contributed by atoms with E-state index in [1.807, 2.05) is 0 Å². The highest BCUT2D eigenvalue weighted by atomic mass is 15.4. The van der Waals surface area contributed by atoms with Crippen molar-refractivity contribution in [2.24, 2.45) is 11.7 Å². The molecule has 0 bridgehead atoms. The summed E-state index contributed by atoms with van der Waals surface area (Å²) in [6.45, 7) is 1.81. The van der Waals surface area contributed by atoms with E-state index >= 15 is 0 Å². The molecule has 6 N–H and O–H groups in total. The van der Waals surface area contributed by atoms with Gasteiger partial charge in [-0.25, -0.2) is 10.9 Å². The molecule has 0 amide bonds. The van der Waals surface area contributed by atoms with Crippen LogP contribution in [0.25, 0.3) is 0 Å².